The minimum Gasteiger partial charge on any atom is -0.442 e. The molecule has 0 bridgehead atoms. The fraction of sp³-hybridized carbons (Fsp3) is 0.455. The van der Waals surface area contributed by atoms with E-state index in [9.17, 15) is 0 Å². The lowest BCUT2D eigenvalue weighted by Crippen LogP contribution is -2.30. The molecule has 1 aliphatic heterocycles. The molecule has 84 valence electrons. The van der Waals surface area contributed by atoms with Crippen molar-refractivity contribution in [3.8, 4) is 0 Å². The average molecular weight is 218 g/mol. The van der Waals surface area contributed by atoms with E-state index in [4.69, 9.17) is 10.2 Å². The molecule has 5 heteroatoms. The third-order valence-electron chi connectivity index (χ3n) is 2.99. The summed E-state index contributed by atoms with van der Waals surface area (Å²) >= 11 is 0. The van der Waals surface area contributed by atoms with Gasteiger partial charge in [-0.05, 0) is 19.3 Å². The predicted octanol–water partition coefficient (Wildman–Crippen LogP) is 1.80. The first-order chi connectivity index (χ1) is 7.84. The van der Waals surface area contributed by atoms with Crippen molar-refractivity contribution in [3.05, 3.63) is 12.5 Å². The van der Waals surface area contributed by atoms with Crippen molar-refractivity contribution in [1.29, 1.82) is 0 Å². The number of piperidine rings is 1. The molecule has 16 heavy (non-hydrogen) atoms. The summed E-state index contributed by atoms with van der Waals surface area (Å²) in [4.78, 5) is 10.7. The van der Waals surface area contributed by atoms with Gasteiger partial charge >= 0.3 is 0 Å². The van der Waals surface area contributed by atoms with Gasteiger partial charge in [0.05, 0.1) is 5.69 Å². The Hall–Kier alpha value is -1.78. The molecule has 2 N–H and O–H groups in total. The molecular formula is C11H14N4O. The van der Waals surface area contributed by atoms with Crippen molar-refractivity contribution < 1.29 is 4.42 Å². The summed E-state index contributed by atoms with van der Waals surface area (Å²) in [5.74, 6) is 0.848. The van der Waals surface area contributed by atoms with E-state index in [0.717, 1.165) is 18.9 Å². The molecule has 0 spiro atoms. The highest BCUT2D eigenvalue weighted by atomic mass is 16.3. The Morgan fingerprint density at radius 3 is 2.88 bits per heavy atom. The van der Waals surface area contributed by atoms with Gasteiger partial charge in [-0.15, -0.1) is 0 Å². The maximum absolute atomic E-state index is 5.98. The Morgan fingerprint density at radius 2 is 2.06 bits per heavy atom. The zero-order valence-electron chi connectivity index (χ0n) is 9.02. The van der Waals surface area contributed by atoms with Crippen LogP contribution in [0.15, 0.2) is 16.9 Å². The van der Waals surface area contributed by atoms with E-state index >= 15 is 0 Å². The highest BCUT2D eigenvalue weighted by molar-refractivity contribution is 5.79. The monoisotopic (exact) mass is 218 g/mol. The Labute approximate surface area is 93.3 Å². The zero-order chi connectivity index (χ0) is 11.0. The molecule has 0 unspecified atom stereocenters. The number of rotatable bonds is 1. The number of hydrogen-bond acceptors (Lipinski definition) is 5. The van der Waals surface area contributed by atoms with Crippen LogP contribution in [0.25, 0.3) is 11.2 Å². The molecule has 2 aromatic rings. The average Bonchev–Trinajstić information content (AvgIpc) is 2.76. The first-order valence-electron chi connectivity index (χ1n) is 5.59. The van der Waals surface area contributed by atoms with Crippen molar-refractivity contribution >= 4 is 22.7 Å². The molecular weight excluding hydrogens is 204 g/mol. The minimum absolute atomic E-state index is 0.634. The van der Waals surface area contributed by atoms with E-state index in [1.54, 1.807) is 6.07 Å². The Morgan fingerprint density at radius 1 is 1.25 bits per heavy atom. The highest BCUT2D eigenvalue weighted by Gasteiger charge is 2.16. The highest BCUT2D eigenvalue weighted by Crippen LogP contribution is 2.27. The molecule has 3 heterocycles. The summed E-state index contributed by atoms with van der Waals surface area (Å²) in [5, 5.41) is 0. The van der Waals surface area contributed by atoms with Crippen LogP contribution >= 0.6 is 0 Å². The zero-order valence-corrected chi connectivity index (χ0v) is 9.02. The van der Waals surface area contributed by atoms with Gasteiger partial charge < -0.3 is 15.1 Å². The van der Waals surface area contributed by atoms with Gasteiger partial charge in [0, 0.05) is 19.2 Å². The number of nitrogens with zero attached hydrogens (tertiary/aromatic N) is 3. The normalized spacial score (nSPS) is 16.9. The standard InChI is InChI=1S/C11H14N4O/c12-8-6-9-10(13-7-16-9)14-11(8)15-4-2-1-3-5-15/h6-7H,1-5,12H2. The van der Waals surface area contributed by atoms with E-state index in [0.29, 0.717) is 16.9 Å². The number of oxazole rings is 1. The molecule has 0 atom stereocenters. The van der Waals surface area contributed by atoms with Gasteiger partial charge in [-0.3, -0.25) is 0 Å². The molecule has 0 radical (unpaired) electrons. The van der Waals surface area contributed by atoms with Crippen molar-refractivity contribution in [2.24, 2.45) is 0 Å². The van der Waals surface area contributed by atoms with Gasteiger partial charge in [-0.2, -0.15) is 4.98 Å². The SMILES string of the molecule is Nc1cc2ocnc2nc1N1CCCCC1. The third-order valence-corrected chi connectivity index (χ3v) is 2.99. The van der Waals surface area contributed by atoms with Crippen LogP contribution in [0.2, 0.25) is 0 Å². The van der Waals surface area contributed by atoms with Crippen LogP contribution in [0.3, 0.4) is 0 Å². The van der Waals surface area contributed by atoms with Crippen LogP contribution in [-0.2, 0) is 0 Å². The molecule has 5 nitrogen and oxygen atoms in total. The van der Waals surface area contributed by atoms with Crippen LogP contribution < -0.4 is 10.6 Å². The first-order valence-corrected chi connectivity index (χ1v) is 5.59. The van der Waals surface area contributed by atoms with Gasteiger partial charge in [0.2, 0.25) is 5.65 Å². The summed E-state index contributed by atoms with van der Waals surface area (Å²) in [5.41, 5.74) is 7.94. The Bertz CT molecular complexity index is 502. The van der Waals surface area contributed by atoms with Crippen LogP contribution in [0, 0.1) is 0 Å². The molecule has 3 rings (SSSR count). The second-order valence-electron chi connectivity index (χ2n) is 4.12. The maximum atomic E-state index is 5.98. The number of nitrogens with two attached hydrogens (primary N) is 1. The van der Waals surface area contributed by atoms with Gasteiger partial charge in [0.15, 0.2) is 17.8 Å². The van der Waals surface area contributed by atoms with Crippen molar-refractivity contribution in [2.75, 3.05) is 23.7 Å². The van der Waals surface area contributed by atoms with Crippen molar-refractivity contribution in [3.63, 3.8) is 0 Å². The first kappa shape index (κ1) is 9.45. The second kappa shape index (κ2) is 3.66. The van der Waals surface area contributed by atoms with Crippen LogP contribution in [-0.4, -0.2) is 23.1 Å². The van der Waals surface area contributed by atoms with E-state index in [2.05, 4.69) is 14.9 Å². The van der Waals surface area contributed by atoms with E-state index in [1.807, 2.05) is 0 Å². The summed E-state index contributed by atoms with van der Waals surface area (Å²) in [6.45, 7) is 2.06. The van der Waals surface area contributed by atoms with Crippen molar-refractivity contribution in [2.45, 2.75) is 19.3 Å². The third kappa shape index (κ3) is 1.48. The van der Waals surface area contributed by atoms with Gasteiger partial charge in [0.25, 0.3) is 0 Å². The summed E-state index contributed by atoms with van der Waals surface area (Å²) in [6.07, 6.45) is 5.11. The molecule has 1 saturated heterocycles. The quantitative estimate of drug-likeness (QED) is 0.790. The van der Waals surface area contributed by atoms with E-state index in [-0.39, 0.29) is 0 Å². The van der Waals surface area contributed by atoms with Crippen molar-refractivity contribution in [1.82, 2.24) is 9.97 Å². The van der Waals surface area contributed by atoms with E-state index in [1.165, 1.54) is 25.7 Å². The lowest BCUT2D eigenvalue weighted by atomic mass is 10.1. The lowest BCUT2D eigenvalue weighted by Gasteiger charge is -2.28. The molecule has 0 aromatic carbocycles. The summed E-state index contributed by atoms with van der Waals surface area (Å²) in [7, 11) is 0. The Balaban J connectivity index is 2.03. The predicted molar refractivity (Wildman–Crippen MR) is 62.3 cm³/mol. The van der Waals surface area contributed by atoms with Gasteiger partial charge in [-0.1, -0.05) is 0 Å². The Kier molecular flexibility index (Phi) is 2.16. The van der Waals surface area contributed by atoms with Gasteiger partial charge in [-0.25, -0.2) is 4.98 Å². The number of hydrogen-bond donors (Lipinski definition) is 1. The molecule has 0 amide bonds. The molecule has 0 saturated carbocycles. The number of fused-ring (bicyclic) bond motifs is 1. The maximum Gasteiger partial charge on any atom is 0.200 e. The number of nitrogen functional groups attached to an aromatic ring is 1. The van der Waals surface area contributed by atoms with E-state index < -0.39 is 0 Å². The molecule has 2 aromatic heterocycles. The van der Waals surface area contributed by atoms with Crippen LogP contribution in [0.1, 0.15) is 19.3 Å². The summed E-state index contributed by atoms with van der Waals surface area (Å²) in [6, 6.07) is 1.80. The number of aromatic nitrogens is 2. The fourth-order valence-corrected chi connectivity index (χ4v) is 2.16. The molecule has 1 aliphatic rings. The summed E-state index contributed by atoms with van der Waals surface area (Å²) < 4.78 is 5.17. The fourth-order valence-electron chi connectivity index (χ4n) is 2.16. The minimum atomic E-state index is 0.634. The topological polar surface area (TPSA) is 68.2 Å². The number of anilines is 2. The molecule has 1 fully saturated rings. The van der Waals surface area contributed by atoms with Crippen LogP contribution in [0.5, 0.6) is 0 Å². The van der Waals surface area contributed by atoms with Gasteiger partial charge in [0.1, 0.15) is 0 Å². The largest absolute Gasteiger partial charge is 0.442 e. The molecule has 0 aliphatic carbocycles. The van der Waals surface area contributed by atoms with Crippen LogP contribution in [0.4, 0.5) is 11.5 Å². The lowest BCUT2D eigenvalue weighted by molar-refractivity contribution is 0.574. The number of pyridine rings is 1. The second-order valence-corrected chi connectivity index (χ2v) is 4.12. The smallest absolute Gasteiger partial charge is 0.200 e.